The van der Waals surface area contributed by atoms with E-state index >= 15 is 0 Å². The van der Waals surface area contributed by atoms with Gasteiger partial charge in [0, 0.05) is 0 Å². The van der Waals surface area contributed by atoms with E-state index in [9.17, 15) is 5.11 Å². The number of hydrogen-bond acceptors (Lipinski definition) is 2. The van der Waals surface area contributed by atoms with E-state index in [1.807, 2.05) is 6.92 Å². The smallest absolute Gasteiger partial charge is 0.0648 e. The van der Waals surface area contributed by atoms with Gasteiger partial charge in [-0.25, -0.2) is 0 Å². The summed E-state index contributed by atoms with van der Waals surface area (Å²) in [6.45, 7) is 2.66. The van der Waals surface area contributed by atoms with Crippen molar-refractivity contribution in [1.29, 1.82) is 0 Å². The van der Waals surface area contributed by atoms with E-state index in [0.29, 0.717) is 12.5 Å². The first-order valence-electron chi connectivity index (χ1n) is 4.59. The summed E-state index contributed by atoms with van der Waals surface area (Å²) in [4.78, 5) is 0. The molecule has 0 aromatic rings. The van der Waals surface area contributed by atoms with E-state index in [1.165, 1.54) is 12.8 Å². The zero-order valence-corrected chi connectivity index (χ0v) is 7.34. The summed E-state index contributed by atoms with van der Waals surface area (Å²) >= 11 is 0. The van der Waals surface area contributed by atoms with E-state index < -0.39 is 5.60 Å². The predicted molar refractivity (Wildman–Crippen MR) is 46.3 cm³/mol. The third-order valence-corrected chi connectivity index (χ3v) is 2.88. The molecular formula is C9H19NO. The van der Waals surface area contributed by atoms with Crippen molar-refractivity contribution in [2.45, 2.75) is 44.6 Å². The summed E-state index contributed by atoms with van der Waals surface area (Å²) in [5.74, 6) is 0.446. The quantitative estimate of drug-likeness (QED) is 0.634. The monoisotopic (exact) mass is 157 g/mol. The zero-order chi connectivity index (χ0) is 8.32. The van der Waals surface area contributed by atoms with Gasteiger partial charge in [-0.3, -0.25) is 0 Å². The molecule has 0 amide bonds. The Kier molecular flexibility index (Phi) is 2.90. The van der Waals surface area contributed by atoms with Crippen molar-refractivity contribution >= 4 is 0 Å². The van der Waals surface area contributed by atoms with Crippen molar-refractivity contribution in [2.24, 2.45) is 11.7 Å². The summed E-state index contributed by atoms with van der Waals surface area (Å²) < 4.78 is 0. The molecule has 1 fully saturated rings. The van der Waals surface area contributed by atoms with Gasteiger partial charge in [0.2, 0.25) is 0 Å². The van der Waals surface area contributed by atoms with Crippen LogP contribution < -0.4 is 5.73 Å². The summed E-state index contributed by atoms with van der Waals surface area (Å²) in [7, 11) is 0. The molecule has 0 radical (unpaired) electrons. The third-order valence-electron chi connectivity index (χ3n) is 2.88. The number of hydrogen-bond donors (Lipinski definition) is 2. The van der Waals surface area contributed by atoms with Gasteiger partial charge in [0.15, 0.2) is 0 Å². The molecule has 2 nitrogen and oxygen atoms in total. The van der Waals surface area contributed by atoms with E-state index in [-0.39, 0.29) is 0 Å². The molecule has 0 aromatic carbocycles. The lowest BCUT2D eigenvalue weighted by Crippen LogP contribution is -2.38. The van der Waals surface area contributed by atoms with Gasteiger partial charge in [-0.2, -0.15) is 0 Å². The zero-order valence-electron chi connectivity index (χ0n) is 7.34. The molecule has 0 bridgehead atoms. The van der Waals surface area contributed by atoms with Crippen LogP contribution in [0.4, 0.5) is 0 Å². The lowest BCUT2D eigenvalue weighted by Gasteiger charge is -2.36. The van der Waals surface area contributed by atoms with E-state index in [1.54, 1.807) is 0 Å². The molecule has 3 N–H and O–H groups in total. The van der Waals surface area contributed by atoms with Crippen LogP contribution in [-0.2, 0) is 0 Å². The molecule has 2 unspecified atom stereocenters. The van der Waals surface area contributed by atoms with Gasteiger partial charge in [0.1, 0.15) is 0 Å². The first-order valence-corrected chi connectivity index (χ1v) is 4.59. The van der Waals surface area contributed by atoms with Gasteiger partial charge in [-0.05, 0) is 38.6 Å². The minimum Gasteiger partial charge on any atom is -0.390 e. The Morgan fingerprint density at radius 2 is 2.27 bits per heavy atom. The van der Waals surface area contributed by atoms with Crippen LogP contribution in [0.2, 0.25) is 0 Å². The highest BCUT2D eigenvalue weighted by molar-refractivity contribution is 4.85. The minimum absolute atomic E-state index is 0.433. The van der Waals surface area contributed by atoms with Gasteiger partial charge in [-0.15, -0.1) is 0 Å². The first kappa shape index (κ1) is 9.01. The minimum atomic E-state index is -0.433. The predicted octanol–water partition coefficient (Wildman–Crippen LogP) is 1.28. The fourth-order valence-corrected chi connectivity index (χ4v) is 2.05. The summed E-state index contributed by atoms with van der Waals surface area (Å²) in [5.41, 5.74) is 5.04. The van der Waals surface area contributed by atoms with Crippen molar-refractivity contribution in [1.82, 2.24) is 0 Å². The van der Waals surface area contributed by atoms with Crippen LogP contribution in [0.3, 0.4) is 0 Å². The van der Waals surface area contributed by atoms with Crippen LogP contribution in [0.1, 0.15) is 39.0 Å². The molecule has 0 heterocycles. The molecule has 1 aliphatic carbocycles. The molecule has 1 rings (SSSR count). The average Bonchev–Trinajstić information content (AvgIpc) is 1.94. The van der Waals surface area contributed by atoms with Gasteiger partial charge in [0.05, 0.1) is 5.60 Å². The largest absolute Gasteiger partial charge is 0.390 e. The summed E-state index contributed by atoms with van der Waals surface area (Å²) in [6.07, 6.45) is 5.53. The second-order valence-electron chi connectivity index (χ2n) is 3.88. The van der Waals surface area contributed by atoms with Gasteiger partial charge < -0.3 is 10.8 Å². The summed E-state index contributed by atoms with van der Waals surface area (Å²) in [6, 6.07) is 0. The topological polar surface area (TPSA) is 46.2 Å². The maximum atomic E-state index is 9.91. The van der Waals surface area contributed by atoms with E-state index in [2.05, 4.69) is 0 Å². The second-order valence-corrected chi connectivity index (χ2v) is 3.88. The Balaban J connectivity index is 2.45. The Labute approximate surface area is 68.8 Å². The normalized spacial score (nSPS) is 39.0. The maximum Gasteiger partial charge on any atom is 0.0648 e. The maximum absolute atomic E-state index is 9.91. The van der Waals surface area contributed by atoms with Crippen molar-refractivity contribution in [3.05, 3.63) is 0 Å². The highest BCUT2D eigenvalue weighted by atomic mass is 16.3. The fraction of sp³-hybridized carbons (Fsp3) is 1.00. The SMILES string of the molecule is CC1(O)CCCCC1CCN. The van der Waals surface area contributed by atoms with Crippen molar-refractivity contribution < 1.29 is 5.11 Å². The Bertz CT molecular complexity index is 121. The number of nitrogens with two attached hydrogens (primary N) is 1. The van der Waals surface area contributed by atoms with Crippen LogP contribution in [-0.4, -0.2) is 17.3 Å². The molecular weight excluding hydrogens is 138 g/mol. The van der Waals surface area contributed by atoms with Crippen molar-refractivity contribution in [2.75, 3.05) is 6.54 Å². The van der Waals surface area contributed by atoms with Crippen molar-refractivity contribution in [3.8, 4) is 0 Å². The molecule has 1 saturated carbocycles. The van der Waals surface area contributed by atoms with Gasteiger partial charge in [0.25, 0.3) is 0 Å². The molecule has 1 aliphatic rings. The number of aliphatic hydroxyl groups is 1. The summed E-state index contributed by atoms with van der Waals surface area (Å²) in [5, 5.41) is 9.91. The highest BCUT2D eigenvalue weighted by Crippen LogP contribution is 2.34. The average molecular weight is 157 g/mol. The molecule has 2 atom stereocenters. The Morgan fingerprint density at radius 1 is 1.55 bits per heavy atom. The van der Waals surface area contributed by atoms with Gasteiger partial charge >= 0.3 is 0 Å². The van der Waals surface area contributed by atoms with Crippen LogP contribution in [0.15, 0.2) is 0 Å². The third kappa shape index (κ3) is 2.17. The van der Waals surface area contributed by atoms with Gasteiger partial charge in [-0.1, -0.05) is 12.8 Å². The van der Waals surface area contributed by atoms with Crippen LogP contribution in [0.25, 0.3) is 0 Å². The standard InChI is InChI=1S/C9H19NO/c1-9(11)6-3-2-4-8(9)5-7-10/h8,11H,2-7,10H2,1H3. The molecule has 0 saturated heterocycles. The lowest BCUT2D eigenvalue weighted by atomic mass is 9.75. The number of rotatable bonds is 2. The Hall–Kier alpha value is -0.0800. The van der Waals surface area contributed by atoms with Crippen LogP contribution in [0, 0.1) is 5.92 Å². The fourth-order valence-electron chi connectivity index (χ4n) is 2.05. The molecule has 11 heavy (non-hydrogen) atoms. The van der Waals surface area contributed by atoms with Crippen molar-refractivity contribution in [3.63, 3.8) is 0 Å². The van der Waals surface area contributed by atoms with E-state index in [0.717, 1.165) is 19.3 Å². The van der Waals surface area contributed by atoms with Crippen LogP contribution in [0.5, 0.6) is 0 Å². The first-order chi connectivity index (χ1) is 5.17. The molecule has 0 aliphatic heterocycles. The highest BCUT2D eigenvalue weighted by Gasteiger charge is 2.33. The molecule has 0 aromatic heterocycles. The Morgan fingerprint density at radius 3 is 2.82 bits per heavy atom. The lowest BCUT2D eigenvalue weighted by molar-refractivity contribution is -0.0338. The molecule has 66 valence electrons. The second kappa shape index (κ2) is 3.55. The van der Waals surface area contributed by atoms with E-state index in [4.69, 9.17) is 5.73 Å². The molecule has 0 spiro atoms. The molecule has 2 heteroatoms. The van der Waals surface area contributed by atoms with Crippen LogP contribution >= 0.6 is 0 Å².